The topological polar surface area (TPSA) is 49.8 Å². The van der Waals surface area contributed by atoms with Gasteiger partial charge in [-0.2, -0.15) is 0 Å². The molecule has 0 radical (unpaired) electrons. The molecule has 3 aliphatic rings. The van der Waals surface area contributed by atoms with Crippen LogP contribution >= 0.6 is 0 Å². The SMILES string of the molecule is Cc1ccc(C23CN(C(=O)OC(C)(C)C)CC(CO)(C2)C3)cc1. The van der Waals surface area contributed by atoms with E-state index in [1.54, 1.807) is 4.90 Å². The first-order chi connectivity index (χ1) is 10.7. The van der Waals surface area contributed by atoms with E-state index in [4.69, 9.17) is 4.74 Å². The summed E-state index contributed by atoms with van der Waals surface area (Å²) in [5, 5.41) is 9.85. The second-order valence-corrected chi connectivity index (χ2v) is 8.49. The van der Waals surface area contributed by atoms with E-state index < -0.39 is 5.60 Å². The van der Waals surface area contributed by atoms with Gasteiger partial charge in [-0.3, -0.25) is 0 Å². The highest BCUT2D eigenvalue weighted by atomic mass is 16.6. The lowest BCUT2D eigenvalue weighted by molar-refractivity contribution is -0.112. The monoisotopic (exact) mass is 317 g/mol. The minimum atomic E-state index is -0.498. The van der Waals surface area contributed by atoms with Crippen LogP contribution in [0.1, 0.15) is 44.7 Å². The van der Waals surface area contributed by atoms with Crippen molar-refractivity contribution in [3.8, 4) is 0 Å². The fourth-order valence-electron chi connectivity index (χ4n) is 4.25. The highest BCUT2D eigenvalue weighted by Gasteiger charge is 2.61. The molecule has 0 unspecified atom stereocenters. The number of aliphatic hydroxyl groups excluding tert-OH is 1. The van der Waals surface area contributed by atoms with Gasteiger partial charge in [-0.1, -0.05) is 29.8 Å². The smallest absolute Gasteiger partial charge is 0.410 e. The second-order valence-electron chi connectivity index (χ2n) is 8.49. The molecule has 1 aromatic rings. The Morgan fingerprint density at radius 1 is 1.22 bits per heavy atom. The number of carbonyl (C=O) groups excluding carboxylic acids is 1. The summed E-state index contributed by atoms with van der Waals surface area (Å²) in [6.45, 7) is 9.11. The van der Waals surface area contributed by atoms with Crippen LogP contribution in [0.4, 0.5) is 4.79 Å². The molecule has 2 saturated heterocycles. The van der Waals surface area contributed by atoms with E-state index in [9.17, 15) is 9.90 Å². The molecular weight excluding hydrogens is 290 g/mol. The molecule has 2 heterocycles. The van der Waals surface area contributed by atoms with Gasteiger partial charge in [0.1, 0.15) is 5.60 Å². The second kappa shape index (κ2) is 5.23. The molecule has 4 heteroatoms. The van der Waals surface area contributed by atoms with Crippen LogP contribution in [0.2, 0.25) is 0 Å². The van der Waals surface area contributed by atoms with Gasteiger partial charge in [-0.25, -0.2) is 4.79 Å². The van der Waals surface area contributed by atoms with Crippen molar-refractivity contribution < 1.29 is 14.6 Å². The number of aliphatic hydroxyl groups is 1. The largest absolute Gasteiger partial charge is 0.444 e. The number of piperidine rings is 2. The number of carbonyl (C=O) groups is 1. The third-order valence-electron chi connectivity index (χ3n) is 5.10. The van der Waals surface area contributed by atoms with Gasteiger partial charge in [0, 0.05) is 23.9 Å². The molecule has 2 bridgehead atoms. The minimum Gasteiger partial charge on any atom is -0.444 e. The van der Waals surface area contributed by atoms with Gasteiger partial charge in [-0.05, 0) is 46.1 Å². The number of benzene rings is 1. The Bertz CT molecular complexity index is 594. The first-order valence-corrected chi connectivity index (χ1v) is 8.33. The molecule has 1 saturated carbocycles. The Morgan fingerprint density at radius 3 is 2.35 bits per heavy atom. The zero-order chi connectivity index (χ0) is 16.9. The number of aryl methyl sites for hydroxylation is 1. The number of rotatable bonds is 2. The number of hydrogen-bond acceptors (Lipinski definition) is 3. The third kappa shape index (κ3) is 2.97. The van der Waals surface area contributed by atoms with Crippen LogP contribution in [0.3, 0.4) is 0 Å². The molecule has 1 amide bonds. The number of hydrogen-bond donors (Lipinski definition) is 1. The van der Waals surface area contributed by atoms with Gasteiger partial charge >= 0.3 is 6.09 Å². The summed E-state index contributed by atoms with van der Waals surface area (Å²) in [7, 11) is 0. The van der Waals surface area contributed by atoms with Crippen molar-refractivity contribution in [3.05, 3.63) is 35.4 Å². The molecule has 0 aromatic heterocycles. The van der Waals surface area contributed by atoms with Crippen LogP contribution in [-0.2, 0) is 10.2 Å². The van der Waals surface area contributed by atoms with Crippen molar-refractivity contribution in [2.75, 3.05) is 19.7 Å². The summed E-state index contributed by atoms with van der Waals surface area (Å²) in [5.74, 6) is 0. The molecule has 1 aromatic carbocycles. The molecular formula is C19H27NO3. The summed E-state index contributed by atoms with van der Waals surface area (Å²) >= 11 is 0. The van der Waals surface area contributed by atoms with E-state index in [-0.39, 0.29) is 23.5 Å². The molecule has 3 fully saturated rings. The summed E-state index contributed by atoms with van der Waals surface area (Å²) < 4.78 is 5.54. The van der Waals surface area contributed by atoms with E-state index >= 15 is 0 Å². The molecule has 1 aliphatic carbocycles. The van der Waals surface area contributed by atoms with Crippen molar-refractivity contribution in [2.45, 2.75) is 51.6 Å². The predicted molar refractivity (Wildman–Crippen MR) is 89.4 cm³/mol. The number of nitrogens with zero attached hydrogens (tertiary/aromatic N) is 1. The lowest BCUT2D eigenvalue weighted by atomic mass is 9.48. The third-order valence-corrected chi connectivity index (χ3v) is 5.10. The van der Waals surface area contributed by atoms with Gasteiger partial charge in [-0.15, -0.1) is 0 Å². The lowest BCUT2D eigenvalue weighted by Gasteiger charge is -2.63. The molecule has 2 aliphatic heterocycles. The quantitative estimate of drug-likeness (QED) is 0.911. The number of fused-ring (bicyclic) bond motifs is 2. The van der Waals surface area contributed by atoms with Crippen molar-refractivity contribution in [1.29, 1.82) is 0 Å². The maximum atomic E-state index is 12.5. The van der Waals surface area contributed by atoms with E-state index in [1.165, 1.54) is 11.1 Å². The molecule has 126 valence electrons. The van der Waals surface area contributed by atoms with E-state index in [0.29, 0.717) is 13.1 Å². The van der Waals surface area contributed by atoms with Gasteiger partial charge in [0.2, 0.25) is 0 Å². The van der Waals surface area contributed by atoms with Crippen LogP contribution < -0.4 is 0 Å². The van der Waals surface area contributed by atoms with Gasteiger partial charge in [0.25, 0.3) is 0 Å². The average molecular weight is 317 g/mol. The zero-order valence-electron chi connectivity index (χ0n) is 14.6. The Kier molecular flexibility index (Phi) is 3.71. The van der Waals surface area contributed by atoms with Crippen LogP contribution in [0.5, 0.6) is 0 Å². The van der Waals surface area contributed by atoms with Crippen LogP contribution in [-0.4, -0.2) is 41.4 Å². The fourth-order valence-corrected chi connectivity index (χ4v) is 4.25. The molecule has 4 nitrogen and oxygen atoms in total. The Balaban J connectivity index is 1.84. The van der Waals surface area contributed by atoms with Crippen molar-refractivity contribution >= 4 is 6.09 Å². The summed E-state index contributed by atoms with van der Waals surface area (Å²) in [5.41, 5.74) is 1.80. The minimum absolute atomic E-state index is 0.0361. The normalized spacial score (nSPS) is 29.9. The summed E-state index contributed by atoms with van der Waals surface area (Å²) in [6, 6.07) is 8.56. The Morgan fingerprint density at radius 2 is 1.83 bits per heavy atom. The van der Waals surface area contributed by atoms with Gasteiger partial charge in [0.15, 0.2) is 0 Å². The van der Waals surface area contributed by atoms with E-state index in [2.05, 4.69) is 31.2 Å². The Labute approximate surface area is 138 Å². The van der Waals surface area contributed by atoms with Gasteiger partial charge in [0.05, 0.1) is 6.61 Å². The number of ether oxygens (including phenoxy) is 1. The van der Waals surface area contributed by atoms with Crippen LogP contribution in [0, 0.1) is 12.3 Å². The van der Waals surface area contributed by atoms with Crippen molar-refractivity contribution in [1.82, 2.24) is 4.90 Å². The highest BCUT2D eigenvalue weighted by Crippen LogP contribution is 2.59. The summed E-state index contributed by atoms with van der Waals surface area (Å²) in [6.07, 6.45) is 1.61. The first-order valence-electron chi connectivity index (χ1n) is 8.33. The summed E-state index contributed by atoms with van der Waals surface area (Å²) in [4.78, 5) is 14.3. The van der Waals surface area contributed by atoms with E-state index in [1.807, 2.05) is 20.8 Å². The van der Waals surface area contributed by atoms with Crippen LogP contribution in [0.15, 0.2) is 24.3 Å². The van der Waals surface area contributed by atoms with Crippen molar-refractivity contribution in [2.24, 2.45) is 5.41 Å². The standard InChI is InChI=1S/C19H27NO3/c1-14-5-7-15(8-6-14)19-9-18(10-19,13-21)11-20(12-19)16(22)23-17(2,3)4/h5-8,21H,9-13H2,1-4H3. The molecule has 0 atom stereocenters. The maximum absolute atomic E-state index is 12.5. The fraction of sp³-hybridized carbons (Fsp3) is 0.632. The van der Waals surface area contributed by atoms with E-state index in [0.717, 1.165) is 12.8 Å². The van der Waals surface area contributed by atoms with Crippen molar-refractivity contribution in [3.63, 3.8) is 0 Å². The Hall–Kier alpha value is -1.55. The molecule has 4 rings (SSSR count). The highest BCUT2D eigenvalue weighted by molar-refractivity contribution is 5.69. The predicted octanol–water partition coefficient (Wildman–Crippen LogP) is 3.26. The molecule has 23 heavy (non-hydrogen) atoms. The zero-order valence-corrected chi connectivity index (χ0v) is 14.6. The van der Waals surface area contributed by atoms with Gasteiger partial charge < -0.3 is 14.7 Å². The average Bonchev–Trinajstić information content (AvgIpc) is 2.45. The maximum Gasteiger partial charge on any atom is 0.410 e. The molecule has 0 spiro atoms. The molecule has 1 N–H and O–H groups in total. The first kappa shape index (κ1) is 16.3. The van der Waals surface area contributed by atoms with Crippen LogP contribution in [0.25, 0.3) is 0 Å². The lowest BCUT2D eigenvalue weighted by Crippen LogP contribution is -2.67. The number of amides is 1.